The van der Waals surface area contributed by atoms with Crippen LogP contribution in [-0.2, 0) is 24.3 Å². The average Bonchev–Trinajstić information content (AvgIpc) is 3.59. The minimum atomic E-state index is -0.292. The molecule has 0 saturated heterocycles. The molecular formula is C26H22ClN7O2S2. The number of hydrogen-bond acceptors (Lipinski definition) is 9. The number of nitrogens with two attached hydrogens (primary N) is 1. The van der Waals surface area contributed by atoms with Gasteiger partial charge in [-0.1, -0.05) is 23.7 Å². The molecule has 4 N–H and O–H groups in total. The number of carbonyl (C=O) groups is 1. The van der Waals surface area contributed by atoms with Crippen LogP contribution in [0.25, 0.3) is 20.8 Å². The molecule has 0 unspecified atom stereocenters. The summed E-state index contributed by atoms with van der Waals surface area (Å²) in [6.45, 7) is 0.164. The number of pyridine rings is 1. The van der Waals surface area contributed by atoms with Gasteiger partial charge in [0.25, 0.3) is 5.56 Å². The Morgan fingerprint density at radius 1 is 1.24 bits per heavy atom. The molecule has 1 aromatic carbocycles. The number of fused-ring (bicyclic) bond motifs is 2. The van der Waals surface area contributed by atoms with E-state index in [-0.39, 0.29) is 24.1 Å². The smallest absolute Gasteiger partial charge is 0.277 e. The van der Waals surface area contributed by atoms with Crippen LogP contribution in [0.4, 0.5) is 11.5 Å². The second-order valence-electron chi connectivity index (χ2n) is 8.94. The molecule has 1 atom stereocenters. The minimum absolute atomic E-state index is 0.0534. The maximum absolute atomic E-state index is 13.7. The van der Waals surface area contributed by atoms with Gasteiger partial charge in [-0.15, -0.1) is 22.7 Å². The highest BCUT2D eigenvalue weighted by Crippen LogP contribution is 2.32. The zero-order valence-electron chi connectivity index (χ0n) is 20.0. The molecule has 0 radical (unpaired) electrons. The molecule has 0 aliphatic carbocycles. The van der Waals surface area contributed by atoms with Crippen LogP contribution in [0.3, 0.4) is 0 Å². The van der Waals surface area contributed by atoms with Crippen molar-refractivity contribution in [2.24, 2.45) is 0 Å². The number of nitrogens with zero attached hydrogens (tertiary/aromatic N) is 4. The first kappa shape index (κ1) is 24.5. The second-order valence-corrected chi connectivity index (χ2v) is 11.4. The lowest BCUT2D eigenvalue weighted by Gasteiger charge is -2.27. The van der Waals surface area contributed by atoms with Crippen molar-refractivity contribution >= 4 is 61.8 Å². The van der Waals surface area contributed by atoms with Crippen molar-refractivity contribution in [3.05, 3.63) is 85.8 Å². The van der Waals surface area contributed by atoms with Crippen LogP contribution in [0.1, 0.15) is 28.6 Å². The summed E-state index contributed by atoms with van der Waals surface area (Å²) in [5, 5.41) is 7.92. The predicted octanol–water partition coefficient (Wildman–Crippen LogP) is 4.63. The number of aryl methyl sites for hydroxylation is 1. The number of thiophene rings is 1. The van der Waals surface area contributed by atoms with Crippen molar-refractivity contribution < 1.29 is 4.79 Å². The van der Waals surface area contributed by atoms with Crippen molar-refractivity contribution in [2.75, 3.05) is 11.1 Å². The number of halogens is 1. The van der Waals surface area contributed by atoms with Crippen molar-refractivity contribution in [3.63, 3.8) is 0 Å². The van der Waals surface area contributed by atoms with Gasteiger partial charge in [-0.2, -0.15) is 0 Å². The standard InChI is InChI=1S/C26H22ClN7O2S2/c27-16-3-1-14(2-4-16)18-5-6-19-24(32-18)26(36)34(25(33-19)21-11-29-13-37-21)12-23(35)31-10-17-7-15-9-30-22(28)8-20(15)38-17/h1-4,7-9,11,13,18,32H,5-6,10,12H2,(H2,28,30)(H,31,35)/t18-/m0/s1. The summed E-state index contributed by atoms with van der Waals surface area (Å²) in [6.07, 6.45) is 4.80. The molecule has 5 aromatic rings. The molecule has 38 heavy (non-hydrogen) atoms. The summed E-state index contributed by atoms with van der Waals surface area (Å²) in [7, 11) is 0. The molecule has 1 aliphatic rings. The maximum atomic E-state index is 13.7. The monoisotopic (exact) mass is 563 g/mol. The van der Waals surface area contributed by atoms with Gasteiger partial charge in [-0.05, 0) is 42.7 Å². The molecule has 0 saturated carbocycles. The largest absolute Gasteiger partial charge is 0.384 e. The third-order valence-corrected chi connectivity index (χ3v) is 8.51. The molecular weight excluding hydrogens is 542 g/mol. The molecule has 12 heteroatoms. The molecule has 5 heterocycles. The Kier molecular flexibility index (Phi) is 6.56. The van der Waals surface area contributed by atoms with Crippen LogP contribution in [0.5, 0.6) is 0 Å². The van der Waals surface area contributed by atoms with Gasteiger partial charge in [-0.25, -0.2) is 9.97 Å². The third-order valence-electron chi connectivity index (χ3n) is 6.39. The van der Waals surface area contributed by atoms with Crippen LogP contribution in [0.15, 0.2) is 59.1 Å². The first-order chi connectivity index (χ1) is 18.4. The lowest BCUT2D eigenvalue weighted by molar-refractivity contribution is -0.121. The van der Waals surface area contributed by atoms with Crippen molar-refractivity contribution in [3.8, 4) is 10.7 Å². The van der Waals surface area contributed by atoms with E-state index in [0.717, 1.165) is 31.8 Å². The van der Waals surface area contributed by atoms with Crippen LogP contribution in [0.2, 0.25) is 5.02 Å². The Bertz CT molecular complexity index is 1700. The fraction of sp³-hybridized carbons (Fsp3) is 0.192. The molecule has 0 bridgehead atoms. The Hall–Kier alpha value is -3.80. The van der Waals surface area contributed by atoms with E-state index in [9.17, 15) is 9.59 Å². The number of nitrogens with one attached hydrogen (secondary N) is 2. The van der Waals surface area contributed by atoms with E-state index in [0.29, 0.717) is 41.0 Å². The minimum Gasteiger partial charge on any atom is -0.384 e. The van der Waals surface area contributed by atoms with Crippen LogP contribution >= 0.6 is 34.3 Å². The second kappa shape index (κ2) is 10.2. The van der Waals surface area contributed by atoms with Gasteiger partial charge in [0.2, 0.25) is 5.91 Å². The molecule has 192 valence electrons. The van der Waals surface area contributed by atoms with E-state index in [1.807, 2.05) is 36.4 Å². The third kappa shape index (κ3) is 4.87. The zero-order chi connectivity index (χ0) is 26.2. The SMILES string of the molecule is Nc1cc2sc(CNC(=O)Cn3c(-c4cncs4)nc4c(c3=O)N[C@H](c3ccc(Cl)cc3)CC4)cc2cn1. The van der Waals surface area contributed by atoms with Gasteiger partial charge >= 0.3 is 0 Å². The van der Waals surface area contributed by atoms with Crippen molar-refractivity contribution in [1.82, 2.24) is 24.8 Å². The van der Waals surface area contributed by atoms with Gasteiger partial charge in [-0.3, -0.25) is 19.1 Å². The molecule has 4 aromatic heterocycles. The Morgan fingerprint density at radius 3 is 2.87 bits per heavy atom. The van der Waals surface area contributed by atoms with E-state index in [1.54, 1.807) is 29.2 Å². The van der Waals surface area contributed by atoms with Gasteiger partial charge < -0.3 is 16.4 Å². The number of amides is 1. The van der Waals surface area contributed by atoms with E-state index in [2.05, 4.69) is 20.6 Å². The lowest BCUT2D eigenvalue weighted by Crippen LogP contribution is -2.36. The van der Waals surface area contributed by atoms with Crippen LogP contribution < -0.4 is 21.9 Å². The Morgan fingerprint density at radius 2 is 2.08 bits per heavy atom. The summed E-state index contributed by atoms with van der Waals surface area (Å²) in [5.41, 5.74) is 9.33. The van der Waals surface area contributed by atoms with Crippen LogP contribution in [-0.4, -0.2) is 25.4 Å². The van der Waals surface area contributed by atoms with Gasteiger partial charge in [0.05, 0.1) is 28.7 Å². The molecule has 1 aliphatic heterocycles. The normalized spacial score (nSPS) is 14.7. The summed E-state index contributed by atoms with van der Waals surface area (Å²) >= 11 is 8.97. The number of anilines is 2. The van der Waals surface area contributed by atoms with E-state index in [4.69, 9.17) is 22.3 Å². The molecule has 1 amide bonds. The fourth-order valence-electron chi connectivity index (χ4n) is 4.53. The maximum Gasteiger partial charge on any atom is 0.277 e. The fourth-order valence-corrected chi connectivity index (χ4v) is 6.30. The first-order valence-electron chi connectivity index (χ1n) is 11.9. The molecule has 6 rings (SSSR count). The topological polar surface area (TPSA) is 128 Å². The highest BCUT2D eigenvalue weighted by molar-refractivity contribution is 7.19. The summed E-state index contributed by atoms with van der Waals surface area (Å²) in [6, 6.07) is 11.3. The van der Waals surface area contributed by atoms with Crippen LogP contribution in [0, 0.1) is 0 Å². The average molecular weight is 564 g/mol. The number of nitrogen functional groups attached to an aromatic ring is 1. The number of aromatic nitrogens is 4. The summed E-state index contributed by atoms with van der Waals surface area (Å²) in [5.74, 6) is 0.609. The molecule has 0 fully saturated rings. The highest BCUT2D eigenvalue weighted by atomic mass is 35.5. The zero-order valence-corrected chi connectivity index (χ0v) is 22.4. The highest BCUT2D eigenvalue weighted by Gasteiger charge is 2.27. The summed E-state index contributed by atoms with van der Waals surface area (Å²) in [4.78, 5) is 41.6. The van der Waals surface area contributed by atoms with E-state index in [1.165, 1.54) is 15.9 Å². The predicted molar refractivity (Wildman–Crippen MR) is 152 cm³/mol. The van der Waals surface area contributed by atoms with Crippen molar-refractivity contribution in [1.29, 1.82) is 0 Å². The number of rotatable bonds is 6. The Labute approximate surface area is 230 Å². The number of benzene rings is 1. The molecule has 9 nitrogen and oxygen atoms in total. The van der Waals surface area contributed by atoms with Crippen molar-refractivity contribution in [2.45, 2.75) is 32.0 Å². The number of thiazole rings is 1. The first-order valence-corrected chi connectivity index (χ1v) is 14.0. The van der Waals surface area contributed by atoms with E-state index < -0.39 is 0 Å². The van der Waals surface area contributed by atoms with Gasteiger partial charge in [0.1, 0.15) is 18.1 Å². The number of hydrogen-bond donors (Lipinski definition) is 3. The number of carbonyl (C=O) groups excluding carboxylic acids is 1. The van der Waals surface area contributed by atoms with Gasteiger partial charge in [0, 0.05) is 32.4 Å². The Balaban J connectivity index is 1.27. The lowest BCUT2D eigenvalue weighted by atomic mass is 9.96. The van der Waals surface area contributed by atoms with Gasteiger partial charge in [0.15, 0.2) is 5.82 Å². The summed E-state index contributed by atoms with van der Waals surface area (Å²) < 4.78 is 2.43. The quantitative estimate of drug-likeness (QED) is 0.275. The van der Waals surface area contributed by atoms with E-state index >= 15 is 0 Å². The molecule has 0 spiro atoms.